The molecule has 1 fully saturated rings. The fraction of sp³-hybridized carbons (Fsp3) is 0.738. The normalized spacial score (nSPS) is 18.3. The molecule has 0 spiro atoms. The summed E-state index contributed by atoms with van der Waals surface area (Å²) in [6.45, 7) is 11.6. The molecule has 0 unspecified atom stereocenters. The molecule has 12 atom stereocenters. The minimum absolute atomic E-state index is 0.0505. The number of nitrogens with zero attached hydrogens (tertiary/aromatic N) is 2. The molecular formula is C42H74N12O15. The van der Waals surface area contributed by atoms with E-state index in [-0.39, 0.29) is 50.7 Å². The van der Waals surface area contributed by atoms with Gasteiger partial charge in [-0.25, -0.2) is 4.79 Å². The zero-order valence-electron chi connectivity index (χ0n) is 40.4. The Balaban J connectivity index is 3.26. The number of hydrogen-bond acceptors (Lipinski definition) is 15. The number of carbonyl (C=O) groups excluding carboxylic acids is 8. The van der Waals surface area contributed by atoms with Crippen LogP contribution in [-0.4, -0.2) is 181 Å². The predicted molar refractivity (Wildman–Crippen MR) is 246 cm³/mol. The fourth-order valence-corrected chi connectivity index (χ4v) is 6.99. The molecule has 0 saturated carbocycles. The smallest absolute Gasteiger partial charge is 0.326 e. The lowest BCUT2D eigenvalue weighted by atomic mass is 10.00. The van der Waals surface area contributed by atoms with Crippen molar-refractivity contribution in [3.8, 4) is 0 Å². The van der Waals surface area contributed by atoms with Crippen LogP contribution in [0.4, 0.5) is 0 Å². The van der Waals surface area contributed by atoms with Crippen molar-refractivity contribution in [1.29, 1.82) is 0 Å². The second-order valence-electron chi connectivity index (χ2n) is 17.9. The molecule has 0 bridgehead atoms. The Morgan fingerprint density at radius 3 is 1.58 bits per heavy atom. The quantitative estimate of drug-likeness (QED) is 0.0189. The third kappa shape index (κ3) is 20.5. The highest BCUT2D eigenvalue weighted by atomic mass is 16.4. The number of aliphatic imine (C=N–C) groups is 1. The SMILES string of the molecule is CC(C)C[C@H](NC(=O)[C@H](CCCN=C(N)N)NC(=O)[C@@H](NC(=O)[C@@H](NC(=O)[C@@H](NC(=O)[C@H](CCC(=O)O)NC(=O)[C@H](C)NC(=O)[C@@H]1CCCN1C(=O)[C@@H](N)[C@@H](C)O)[C@@H](C)O)[C@@H](C)O)C(C)C)C(=O)O. The standard InChI is InChI=1S/C42H74N12O15/c1-18(2)17-26(41(68)69)50-34(61)24(11-9-15-46-42(44)45)49-37(64)30(19(3)4)51-38(65)32(23(8)57)53-39(66)31(22(7)56)52-35(62)25(13-14-28(58)59)48-33(60)20(5)47-36(63)27-12-10-16-54(27)40(67)29(43)21(6)55/h18-27,29-32,55-57H,9-17,43H2,1-8H3,(H,47,63)(H,48,60)(H,49,64)(H,50,61)(H,51,65)(H,52,62)(H,53,66)(H,58,59)(H,68,69)(H4,44,45,46)/t20-,21+,22+,23+,24-,25-,26-,27-,29-,30-,31-,32-/m0/s1. The number of nitrogens with two attached hydrogens (primary N) is 3. The molecule has 1 rings (SSSR count). The third-order valence-corrected chi connectivity index (χ3v) is 10.9. The molecule has 1 aliphatic heterocycles. The zero-order valence-corrected chi connectivity index (χ0v) is 40.4. The lowest BCUT2D eigenvalue weighted by molar-refractivity contribution is -0.143. The fourth-order valence-electron chi connectivity index (χ4n) is 6.99. The van der Waals surface area contributed by atoms with Gasteiger partial charge in [0.1, 0.15) is 54.4 Å². The first-order valence-corrected chi connectivity index (χ1v) is 22.7. The van der Waals surface area contributed by atoms with E-state index in [4.69, 9.17) is 17.2 Å². The van der Waals surface area contributed by atoms with Gasteiger partial charge in [0.05, 0.1) is 18.3 Å². The van der Waals surface area contributed by atoms with Crippen LogP contribution in [0.5, 0.6) is 0 Å². The van der Waals surface area contributed by atoms with E-state index in [2.05, 4.69) is 42.2 Å². The van der Waals surface area contributed by atoms with Gasteiger partial charge in [0.25, 0.3) is 0 Å². The Morgan fingerprint density at radius 2 is 1.10 bits per heavy atom. The number of hydrogen-bond donors (Lipinski definition) is 15. The van der Waals surface area contributed by atoms with E-state index >= 15 is 0 Å². The summed E-state index contributed by atoms with van der Waals surface area (Å²) in [6, 6.07) is -13.2. The van der Waals surface area contributed by atoms with Gasteiger partial charge in [-0.1, -0.05) is 27.7 Å². The largest absolute Gasteiger partial charge is 0.481 e. The van der Waals surface area contributed by atoms with Gasteiger partial charge >= 0.3 is 11.9 Å². The van der Waals surface area contributed by atoms with Gasteiger partial charge in [0, 0.05) is 19.5 Å². The molecule has 18 N–H and O–H groups in total. The van der Waals surface area contributed by atoms with Crippen LogP contribution < -0.4 is 54.4 Å². The second-order valence-corrected chi connectivity index (χ2v) is 17.9. The summed E-state index contributed by atoms with van der Waals surface area (Å²) in [5, 5.41) is 66.7. The Hall–Kier alpha value is -6.19. The van der Waals surface area contributed by atoms with Gasteiger partial charge in [-0.3, -0.25) is 48.1 Å². The van der Waals surface area contributed by atoms with Crippen molar-refractivity contribution < 1.29 is 73.5 Å². The Morgan fingerprint density at radius 1 is 0.623 bits per heavy atom. The van der Waals surface area contributed by atoms with Crippen LogP contribution in [-0.2, 0) is 47.9 Å². The number of amides is 8. The van der Waals surface area contributed by atoms with E-state index in [1.165, 1.54) is 32.6 Å². The van der Waals surface area contributed by atoms with Crippen LogP contribution in [0.15, 0.2) is 4.99 Å². The molecule has 1 heterocycles. The number of aliphatic hydroxyl groups excluding tert-OH is 3. The maximum absolute atomic E-state index is 13.7. The number of carbonyl (C=O) groups is 10. The van der Waals surface area contributed by atoms with Crippen LogP contribution in [0.3, 0.4) is 0 Å². The molecule has 69 heavy (non-hydrogen) atoms. The van der Waals surface area contributed by atoms with E-state index in [0.717, 1.165) is 13.8 Å². The lowest BCUT2D eigenvalue weighted by Gasteiger charge is -2.30. The van der Waals surface area contributed by atoms with Gasteiger partial charge in [0.2, 0.25) is 47.3 Å². The topological polar surface area (TPSA) is 450 Å². The summed E-state index contributed by atoms with van der Waals surface area (Å²) in [4.78, 5) is 136. The minimum Gasteiger partial charge on any atom is -0.481 e. The number of aliphatic carboxylic acids is 2. The summed E-state index contributed by atoms with van der Waals surface area (Å²) in [5.74, 6) is -11.4. The molecule has 0 aromatic heterocycles. The van der Waals surface area contributed by atoms with Crippen LogP contribution in [0.1, 0.15) is 100 Å². The average Bonchev–Trinajstić information content (AvgIpc) is 3.74. The first-order chi connectivity index (χ1) is 32.0. The van der Waals surface area contributed by atoms with Crippen LogP contribution in [0, 0.1) is 11.8 Å². The first-order valence-electron chi connectivity index (χ1n) is 22.7. The maximum atomic E-state index is 13.7. The highest BCUT2D eigenvalue weighted by Gasteiger charge is 2.40. The van der Waals surface area contributed by atoms with Crippen molar-refractivity contribution in [3.05, 3.63) is 0 Å². The van der Waals surface area contributed by atoms with Crippen LogP contribution >= 0.6 is 0 Å². The van der Waals surface area contributed by atoms with E-state index in [9.17, 15) is 73.5 Å². The predicted octanol–water partition coefficient (Wildman–Crippen LogP) is -5.43. The van der Waals surface area contributed by atoms with Crippen LogP contribution in [0.2, 0.25) is 0 Å². The second kappa shape index (κ2) is 29.0. The van der Waals surface area contributed by atoms with E-state index in [1.807, 2.05) is 0 Å². The molecule has 8 amide bonds. The zero-order chi connectivity index (χ0) is 53.0. The van der Waals surface area contributed by atoms with Crippen molar-refractivity contribution in [2.45, 2.75) is 173 Å². The lowest BCUT2D eigenvalue weighted by Crippen LogP contribution is -2.63. The molecule has 27 nitrogen and oxygen atoms in total. The molecule has 0 aliphatic carbocycles. The molecule has 0 aromatic carbocycles. The average molecular weight is 987 g/mol. The number of carboxylic acid groups (broad SMARTS) is 2. The van der Waals surface area contributed by atoms with Crippen molar-refractivity contribution in [2.75, 3.05) is 13.1 Å². The summed E-state index contributed by atoms with van der Waals surface area (Å²) < 4.78 is 0. The number of rotatable bonds is 29. The molecule has 0 radical (unpaired) electrons. The van der Waals surface area contributed by atoms with Crippen molar-refractivity contribution >= 4 is 65.2 Å². The number of nitrogens with one attached hydrogen (secondary N) is 7. The van der Waals surface area contributed by atoms with E-state index in [1.54, 1.807) is 13.8 Å². The van der Waals surface area contributed by atoms with Crippen LogP contribution in [0.25, 0.3) is 0 Å². The number of carboxylic acids is 2. The number of likely N-dealkylation sites (tertiary alicyclic amines) is 1. The first kappa shape index (κ1) is 60.8. The summed E-state index contributed by atoms with van der Waals surface area (Å²) in [5.41, 5.74) is 16.6. The summed E-state index contributed by atoms with van der Waals surface area (Å²) >= 11 is 0. The van der Waals surface area contributed by atoms with E-state index in [0.29, 0.717) is 6.42 Å². The van der Waals surface area contributed by atoms with Gasteiger partial charge < -0.3 is 84.9 Å². The maximum Gasteiger partial charge on any atom is 0.326 e. The van der Waals surface area contributed by atoms with Crippen molar-refractivity contribution in [1.82, 2.24) is 42.1 Å². The molecule has 27 heteroatoms. The van der Waals surface area contributed by atoms with Crippen molar-refractivity contribution in [3.63, 3.8) is 0 Å². The molecule has 1 saturated heterocycles. The highest BCUT2D eigenvalue weighted by molar-refractivity contribution is 5.98. The third-order valence-electron chi connectivity index (χ3n) is 10.9. The van der Waals surface area contributed by atoms with Gasteiger partial charge in [0.15, 0.2) is 5.96 Å². The Labute approximate surface area is 400 Å². The van der Waals surface area contributed by atoms with Gasteiger partial charge in [-0.15, -0.1) is 0 Å². The van der Waals surface area contributed by atoms with Crippen molar-refractivity contribution in [2.24, 2.45) is 34.0 Å². The Bertz CT molecular complexity index is 1840. The monoisotopic (exact) mass is 987 g/mol. The molecule has 392 valence electrons. The number of aliphatic hydroxyl groups is 3. The highest BCUT2D eigenvalue weighted by Crippen LogP contribution is 2.19. The molecular weight excluding hydrogens is 913 g/mol. The minimum atomic E-state index is -1.90. The van der Waals surface area contributed by atoms with E-state index < -0.39 is 151 Å². The Kier molecular flexibility index (Phi) is 25.5. The van der Waals surface area contributed by atoms with Gasteiger partial charge in [-0.2, -0.15) is 0 Å². The summed E-state index contributed by atoms with van der Waals surface area (Å²) in [6.07, 6.45) is -5.01. The molecule has 0 aromatic rings. The number of guanidine groups is 1. The van der Waals surface area contributed by atoms with Gasteiger partial charge in [-0.05, 0) is 78.1 Å². The molecule has 1 aliphatic rings. The summed E-state index contributed by atoms with van der Waals surface area (Å²) in [7, 11) is 0.